The highest BCUT2D eigenvalue weighted by Gasteiger charge is 2.24. The molecule has 1 aromatic carbocycles. The molecule has 1 fully saturated rings. The second-order valence-electron chi connectivity index (χ2n) is 4.81. The molecule has 2 amide bonds. The molecule has 1 heterocycles. The summed E-state index contributed by atoms with van der Waals surface area (Å²) in [5.41, 5.74) is 5.53. The van der Waals surface area contributed by atoms with E-state index in [-0.39, 0.29) is 21.8 Å². The first-order chi connectivity index (χ1) is 9.88. The molecule has 3 N–H and O–H groups in total. The zero-order valence-electron chi connectivity index (χ0n) is 11.0. The Labute approximate surface area is 131 Å². The van der Waals surface area contributed by atoms with E-state index in [0.29, 0.717) is 18.8 Å². The highest BCUT2D eigenvalue weighted by molar-refractivity contribution is 6.39. The van der Waals surface area contributed by atoms with Crippen LogP contribution in [0.2, 0.25) is 10.0 Å². The number of nitrogens with one attached hydrogen (secondary N) is 1. The van der Waals surface area contributed by atoms with E-state index in [9.17, 15) is 14.9 Å². The number of urea groups is 1. The summed E-state index contributed by atoms with van der Waals surface area (Å²) >= 11 is 12.1. The molecule has 1 aliphatic heterocycles. The van der Waals surface area contributed by atoms with Crippen LogP contribution in [0.3, 0.4) is 0 Å². The summed E-state index contributed by atoms with van der Waals surface area (Å²) in [7, 11) is 0. The Hall–Kier alpha value is -1.73. The fourth-order valence-electron chi connectivity index (χ4n) is 2.30. The predicted molar refractivity (Wildman–Crippen MR) is 80.9 cm³/mol. The zero-order valence-corrected chi connectivity index (χ0v) is 12.5. The number of hydrogen-bond donors (Lipinski definition) is 2. The van der Waals surface area contributed by atoms with Gasteiger partial charge < -0.3 is 16.0 Å². The number of hydrogen-bond acceptors (Lipinski definition) is 4. The molecular weight excluding hydrogens is 319 g/mol. The largest absolute Gasteiger partial charge is 0.378 e. The maximum Gasteiger partial charge on any atom is 0.314 e. The number of amides is 2. The van der Waals surface area contributed by atoms with Crippen molar-refractivity contribution in [1.82, 2.24) is 4.90 Å². The Morgan fingerprint density at radius 3 is 2.57 bits per heavy atom. The van der Waals surface area contributed by atoms with Gasteiger partial charge in [-0.2, -0.15) is 0 Å². The minimum Gasteiger partial charge on any atom is -0.378 e. The first-order valence-electron chi connectivity index (χ1n) is 6.33. The van der Waals surface area contributed by atoms with Crippen LogP contribution >= 0.6 is 23.2 Å². The third-order valence-corrected chi connectivity index (χ3v) is 3.92. The quantitative estimate of drug-likeness (QED) is 0.656. The van der Waals surface area contributed by atoms with Crippen molar-refractivity contribution >= 4 is 40.6 Å². The van der Waals surface area contributed by atoms with Gasteiger partial charge in [-0.3, -0.25) is 10.1 Å². The van der Waals surface area contributed by atoms with Crippen LogP contribution in [0.1, 0.15) is 12.8 Å². The Morgan fingerprint density at radius 2 is 2.05 bits per heavy atom. The van der Waals surface area contributed by atoms with Crippen molar-refractivity contribution in [3.05, 3.63) is 32.3 Å². The maximum absolute atomic E-state index is 11.2. The van der Waals surface area contributed by atoms with Gasteiger partial charge in [0.1, 0.15) is 0 Å². The van der Waals surface area contributed by atoms with Crippen molar-refractivity contribution in [3.8, 4) is 0 Å². The number of carbonyl (C=O) groups excluding carboxylic acids is 1. The van der Waals surface area contributed by atoms with Crippen LogP contribution in [-0.4, -0.2) is 35.0 Å². The topological polar surface area (TPSA) is 102 Å². The fraction of sp³-hybridized carbons (Fsp3) is 0.417. The molecule has 7 nitrogen and oxygen atoms in total. The summed E-state index contributed by atoms with van der Waals surface area (Å²) in [5, 5.41) is 14.2. The fourth-order valence-corrected chi connectivity index (χ4v) is 2.89. The summed E-state index contributed by atoms with van der Waals surface area (Å²) in [6.07, 6.45) is 1.64. The Bertz CT molecular complexity index is 559. The molecule has 0 bridgehead atoms. The Kier molecular flexibility index (Phi) is 4.74. The molecule has 1 aliphatic rings. The van der Waals surface area contributed by atoms with Gasteiger partial charge in [-0.15, -0.1) is 0 Å². The lowest BCUT2D eigenvalue weighted by molar-refractivity contribution is -0.384. The standard InChI is InChI=1S/C12H14Cl2N4O3/c13-9-4-8(18(20)21)5-10(14)11(9)16-7-2-1-3-17(6-7)12(15)19/h4-5,7,16H,1-3,6H2,(H2,15,19). The number of nitro groups is 1. The number of benzene rings is 1. The van der Waals surface area contributed by atoms with Gasteiger partial charge in [-0.1, -0.05) is 23.2 Å². The van der Waals surface area contributed by atoms with Gasteiger partial charge in [-0.25, -0.2) is 4.79 Å². The summed E-state index contributed by atoms with van der Waals surface area (Å²) in [4.78, 5) is 22.9. The van der Waals surface area contributed by atoms with E-state index >= 15 is 0 Å². The number of likely N-dealkylation sites (tertiary alicyclic amines) is 1. The molecule has 2 rings (SSSR count). The third-order valence-electron chi connectivity index (χ3n) is 3.32. The van der Waals surface area contributed by atoms with Gasteiger partial charge in [0.15, 0.2) is 0 Å². The van der Waals surface area contributed by atoms with E-state index in [1.807, 2.05) is 0 Å². The van der Waals surface area contributed by atoms with Crippen LogP contribution in [0.25, 0.3) is 0 Å². The highest BCUT2D eigenvalue weighted by Crippen LogP contribution is 2.35. The predicted octanol–water partition coefficient (Wildman–Crippen LogP) is 2.86. The number of rotatable bonds is 3. The molecular formula is C12H14Cl2N4O3. The van der Waals surface area contributed by atoms with Crippen molar-refractivity contribution in [2.45, 2.75) is 18.9 Å². The third kappa shape index (κ3) is 3.68. The van der Waals surface area contributed by atoms with Gasteiger partial charge in [0.2, 0.25) is 0 Å². The summed E-state index contributed by atoms with van der Waals surface area (Å²) < 4.78 is 0. The van der Waals surface area contributed by atoms with Crippen LogP contribution in [0.4, 0.5) is 16.2 Å². The van der Waals surface area contributed by atoms with E-state index in [4.69, 9.17) is 28.9 Å². The lowest BCUT2D eigenvalue weighted by Crippen LogP contribution is -2.47. The number of nitro benzene ring substituents is 1. The number of non-ortho nitro benzene ring substituents is 1. The number of piperidine rings is 1. The minimum absolute atomic E-state index is 0.0530. The molecule has 114 valence electrons. The summed E-state index contributed by atoms with van der Waals surface area (Å²) in [5.74, 6) is 0. The molecule has 0 spiro atoms. The van der Waals surface area contributed by atoms with Crippen molar-refractivity contribution in [1.29, 1.82) is 0 Å². The molecule has 0 aliphatic carbocycles. The van der Waals surface area contributed by atoms with Crippen molar-refractivity contribution < 1.29 is 9.72 Å². The van der Waals surface area contributed by atoms with E-state index in [0.717, 1.165) is 12.8 Å². The average molecular weight is 333 g/mol. The van der Waals surface area contributed by atoms with Gasteiger partial charge in [0.25, 0.3) is 5.69 Å². The monoisotopic (exact) mass is 332 g/mol. The van der Waals surface area contributed by atoms with E-state index in [1.165, 1.54) is 17.0 Å². The van der Waals surface area contributed by atoms with Crippen LogP contribution in [-0.2, 0) is 0 Å². The molecule has 0 radical (unpaired) electrons. The Morgan fingerprint density at radius 1 is 1.43 bits per heavy atom. The second kappa shape index (κ2) is 6.36. The van der Waals surface area contributed by atoms with Crippen LogP contribution in [0, 0.1) is 10.1 Å². The molecule has 9 heteroatoms. The van der Waals surface area contributed by atoms with Gasteiger partial charge in [0.05, 0.1) is 20.7 Å². The van der Waals surface area contributed by atoms with Gasteiger partial charge >= 0.3 is 6.03 Å². The second-order valence-corrected chi connectivity index (χ2v) is 5.62. The first-order valence-corrected chi connectivity index (χ1v) is 7.08. The van der Waals surface area contributed by atoms with Crippen molar-refractivity contribution in [2.24, 2.45) is 5.73 Å². The average Bonchev–Trinajstić information content (AvgIpc) is 2.42. The number of primary amides is 1. The van der Waals surface area contributed by atoms with Gasteiger partial charge in [-0.05, 0) is 12.8 Å². The smallest absolute Gasteiger partial charge is 0.314 e. The maximum atomic E-state index is 11.2. The molecule has 1 unspecified atom stereocenters. The number of anilines is 1. The van der Waals surface area contributed by atoms with Crippen LogP contribution in [0.15, 0.2) is 12.1 Å². The zero-order chi connectivity index (χ0) is 15.6. The number of nitrogens with two attached hydrogens (primary N) is 1. The highest BCUT2D eigenvalue weighted by atomic mass is 35.5. The molecule has 0 saturated carbocycles. The van der Waals surface area contributed by atoms with E-state index in [2.05, 4.69) is 5.32 Å². The molecule has 1 aromatic rings. The minimum atomic E-state index is -0.559. The van der Waals surface area contributed by atoms with Crippen LogP contribution < -0.4 is 11.1 Å². The molecule has 1 atom stereocenters. The molecule has 0 aromatic heterocycles. The summed E-state index contributed by atoms with van der Waals surface area (Å²) in [6.45, 7) is 1.06. The SMILES string of the molecule is NC(=O)N1CCCC(Nc2c(Cl)cc([N+](=O)[O-])cc2Cl)C1. The van der Waals surface area contributed by atoms with Crippen LogP contribution in [0.5, 0.6) is 0 Å². The summed E-state index contributed by atoms with van der Waals surface area (Å²) in [6, 6.07) is 1.96. The molecule has 21 heavy (non-hydrogen) atoms. The lowest BCUT2D eigenvalue weighted by atomic mass is 10.1. The van der Waals surface area contributed by atoms with E-state index < -0.39 is 11.0 Å². The Balaban J connectivity index is 2.16. The van der Waals surface area contributed by atoms with Gasteiger partial charge in [0, 0.05) is 31.3 Å². The first kappa shape index (κ1) is 15.7. The normalized spacial score (nSPS) is 18.4. The number of nitrogens with zero attached hydrogens (tertiary/aromatic N) is 2. The molecule has 1 saturated heterocycles. The lowest BCUT2D eigenvalue weighted by Gasteiger charge is -2.32. The number of carbonyl (C=O) groups is 1. The van der Waals surface area contributed by atoms with E-state index in [1.54, 1.807) is 0 Å². The number of halogens is 2. The van der Waals surface area contributed by atoms with Crippen molar-refractivity contribution in [2.75, 3.05) is 18.4 Å². The van der Waals surface area contributed by atoms with Crippen molar-refractivity contribution in [3.63, 3.8) is 0 Å².